The predicted octanol–water partition coefficient (Wildman–Crippen LogP) is 4.16. The zero-order chi connectivity index (χ0) is 49.6. The standard InChI is InChI=1S/C51H61N7O13/c59-43(37-12-10-36(11-13-37)41-34-53-44(57-35-54-56-48(41)57)17-15-39-7-4-23-71-39)9-5-22-66-25-27-68-29-31-70-33-32-69-30-28-67-26-24-65-21-2-1-20-52-45(60)18-14-38-6-3-8-40-47(38)51(64)58(50(40)63)42-16-19-46(61)55-49(42)62/h3-4,6-8,10-13,23,34-35,42H,1-2,5,9,14-22,24-33H2,(H,52,60)(H,55,61,62). The molecule has 7 rings (SSSR count). The fraction of sp³-hybridized carbons (Fsp3) is 0.471. The van der Waals surface area contributed by atoms with Gasteiger partial charge in [-0.15, -0.1) is 10.2 Å². The van der Waals surface area contributed by atoms with Crippen molar-refractivity contribution >= 4 is 41.0 Å². The number of benzene rings is 2. The maximum atomic E-state index is 13.3. The Kier molecular flexibility index (Phi) is 20.4. The number of nitrogens with one attached hydrogen (secondary N) is 2. The number of ether oxygens (including phenoxy) is 6. The van der Waals surface area contributed by atoms with Crippen LogP contribution in [0.4, 0.5) is 0 Å². The van der Waals surface area contributed by atoms with E-state index in [-0.39, 0.29) is 48.5 Å². The number of carbonyl (C=O) groups is 6. The molecule has 2 aliphatic rings. The molecule has 0 saturated carbocycles. The van der Waals surface area contributed by atoms with Crippen LogP contribution in [0.15, 0.2) is 77.8 Å². The fourth-order valence-electron chi connectivity index (χ4n) is 8.15. The summed E-state index contributed by atoms with van der Waals surface area (Å²) in [5.41, 5.74) is 4.05. The van der Waals surface area contributed by atoms with E-state index in [4.69, 9.17) is 32.8 Å². The van der Waals surface area contributed by atoms with Crippen molar-refractivity contribution in [1.82, 2.24) is 35.1 Å². The molecule has 5 amide bonds. The number of amides is 5. The monoisotopic (exact) mass is 979 g/mol. The molecule has 3 aromatic heterocycles. The van der Waals surface area contributed by atoms with Gasteiger partial charge in [-0.2, -0.15) is 0 Å². The van der Waals surface area contributed by atoms with Gasteiger partial charge in [-0.05, 0) is 61.4 Å². The van der Waals surface area contributed by atoms with Gasteiger partial charge in [0.1, 0.15) is 24.0 Å². The second-order valence-electron chi connectivity index (χ2n) is 16.8. The van der Waals surface area contributed by atoms with Crippen LogP contribution in [-0.2, 0) is 62.1 Å². The summed E-state index contributed by atoms with van der Waals surface area (Å²) in [7, 11) is 0. The Morgan fingerprint density at radius 3 is 2.04 bits per heavy atom. The highest BCUT2D eigenvalue weighted by Crippen LogP contribution is 2.31. The second kappa shape index (κ2) is 27.7. The molecule has 1 atom stereocenters. The lowest BCUT2D eigenvalue weighted by molar-refractivity contribution is -0.136. The summed E-state index contributed by atoms with van der Waals surface area (Å²) in [6.45, 7) is 5.83. The lowest BCUT2D eigenvalue weighted by atomic mass is 9.99. The van der Waals surface area contributed by atoms with Crippen LogP contribution < -0.4 is 10.6 Å². The molecule has 0 spiro atoms. The molecule has 2 aromatic carbocycles. The zero-order valence-corrected chi connectivity index (χ0v) is 39.8. The zero-order valence-electron chi connectivity index (χ0n) is 39.8. The molecule has 20 heteroatoms. The van der Waals surface area contributed by atoms with Crippen molar-refractivity contribution in [1.29, 1.82) is 0 Å². The van der Waals surface area contributed by atoms with E-state index >= 15 is 0 Å². The number of unbranched alkanes of at least 4 members (excludes halogenated alkanes) is 1. The molecule has 0 radical (unpaired) electrons. The molecule has 2 N–H and O–H groups in total. The number of hydrogen-bond donors (Lipinski definition) is 2. The number of hydrogen-bond acceptors (Lipinski definition) is 16. The molecule has 2 aliphatic heterocycles. The normalized spacial score (nSPS) is 14.6. The van der Waals surface area contributed by atoms with Crippen LogP contribution in [0.2, 0.25) is 0 Å². The minimum Gasteiger partial charge on any atom is -0.469 e. The van der Waals surface area contributed by atoms with E-state index in [9.17, 15) is 28.8 Å². The number of aryl methyl sites for hydroxylation is 3. The summed E-state index contributed by atoms with van der Waals surface area (Å²) in [4.78, 5) is 81.2. The molecular weight excluding hydrogens is 919 g/mol. The summed E-state index contributed by atoms with van der Waals surface area (Å²) < 4.78 is 40.8. The van der Waals surface area contributed by atoms with E-state index < -0.39 is 29.7 Å². The van der Waals surface area contributed by atoms with Crippen LogP contribution in [0.1, 0.15) is 93.2 Å². The number of ketones is 1. The second-order valence-corrected chi connectivity index (χ2v) is 16.8. The van der Waals surface area contributed by atoms with Crippen LogP contribution >= 0.6 is 0 Å². The number of Topliss-reactive ketones (excluding diaryl/α,β-unsaturated/α-hetero) is 1. The molecule has 0 bridgehead atoms. The van der Waals surface area contributed by atoms with Crippen molar-refractivity contribution < 1.29 is 61.6 Å². The average Bonchev–Trinajstić information content (AvgIpc) is 4.15. The third-order valence-corrected chi connectivity index (χ3v) is 11.9. The molecule has 5 aromatic rings. The molecule has 1 fully saturated rings. The van der Waals surface area contributed by atoms with Gasteiger partial charge in [0.15, 0.2) is 11.4 Å². The predicted molar refractivity (Wildman–Crippen MR) is 254 cm³/mol. The highest BCUT2D eigenvalue weighted by atomic mass is 16.6. The summed E-state index contributed by atoms with van der Waals surface area (Å²) >= 11 is 0. The molecular formula is C51H61N7O13. The number of piperidine rings is 1. The largest absolute Gasteiger partial charge is 0.469 e. The third kappa shape index (κ3) is 15.2. The highest BCUT2D eigenvalue weighted by Gasteiger charge is 2.45. The van der Waals surface area contributed by atoms with E-state index in [1.165, 1.54) is 6.07 Å². The van der Waals surface area contributed by atoms with Crippen molar-refractivity contribution in [2.24, 2.45) is 0 Å². The Balaban J connectivity index is 0.610. The van der Waals surface area contributed by atoms with Crippen LogP contribution in [-0.4, -0.2) is 152 Å². The maximum Gasteiger partial charge on any atom is 0.262 e. The minimum atomic E-state index is -1.04. The molecule has 0 aliphatic carbocycles. The number of nitrogens with zero attached hydrogens (tertiary/aromatic N) is 5. The van der Waals surface area contributed by atoms with Gasteiger partial charge < -0.3 is 38.2 Å². The van der Waals surface area contributed by atoms with Crippen molar-refractivity contribution in [3.8, 4) is 11.1 Å². The van der Waals surface area contributed by atoms with Crippen molar-refractivity contribution in [2.75, 3.05) is 85.8 Å². The SMILES string of the molecule is O=C(CCc1cccc2c1C(=O)N(C1CCC(=O)NC1=O)C2=O)NCCCCOCCOCCOCCOCCOCCOCCCC(=O)c1ccc(-c2cnc(CCc3ccco3)n3cnnc23)cc1. The topological polar surface area (TPSA) is 241 Å². The number of aromatic nitrogens is 4. The first-order valence-corrected chi connectivity index (χ1v) is 24.2. The van der Waals surface area contributed by atoms with E-state index in [0.29, 0.717) is 122 Å². The Morgan fingerprint density at radius 1 is 0.704 bits per heavy atom. The Bertz CT molecular complexity index is 2550. The van der Waals surface area contributed by atoms with Gasteiger partial charge in [-0.25, -0.2) is 4.98 Å². The van der Waals surface area contributed by atoms with E-state index in [0.717, 1.165) is 46.9 Å². The summed E-state index contributed by atoms with van der Waals surface area (Å²) in [6.07, 6.45) is 9.49. The smallest absolute Gasteiger partial charge is 0.262 e. The summed E-state index contributed by atoms with van der Waals surface area (Å²) in [6, 6.07) is 15.1. The Labute approximate surface area is 411 Å². The first kappa shape index (κ1) is 52.3. The maximum absolute atomic E-state index is 13.3. The number of imide groups is 2. The lowest BCUT2D eigenvalue weighted by Gasteiger charge is -2.27. The number of furan rings is 1. The van der Waals surface area contributed by atoms with Gasteiger partial charge in [0.05, 0.1) is 83.5 Å². The average molecular weight is 980 g/mol. The van der Waals surface area contributed by atoms with E-state index in [1.54, 1.807) is 30.9 Å². The molecule has 1 unspecified atom stereocenters. The molecule has 378 valence electrons. The van der Waals surface area contributed by atoms with Crippen LogP contribution in [0.25, 0.3) is 16.8 Å². The van der Waals surface area contributed by atoms with E-state index in [1.807, 2.05) is 40.8 Å². The summed E-state index contributed by atoms with van der Waals surface area (Å²) in [5.74, 6) is -0.648. The fourth-order valence-corrected chi connectivity index (χ4v) is 8.15. The summed E-state index contributed by atoms with van der Waals surface area (Å²) in [5, 5.41) is 13.5. The van der Waals surface area contributed by atoms with E-state index in [2.05, 4.69) is 25.8 Å². The number of fused-ring (bicyclic) bond motifs is 2. The molecule has 5 heterocycles. The van der Waals surface area contributed by atoms with Gasteiger partial charge in [-0.3, -0.25) is 43.4 Å². The van der Waals surface area contributed by atoms with Crippen molar-refractivity contribution in [3.05, 3.63) is 107 Å². The van der Waals surface area contributed by atoms with Crippen molar-refractivity contribution in [2.45, 2.75) is 70.3 Å². The van der Waals surface area contributed by atoms with Gasteiger partial charge in [0.25, 0.3) is 11.8 Å². The van der Waals surface area contributed by atoms with Gasteiger partial charge >= 0.3 is 0 Å². The molecule has 20 nitrogen and oxygen atoms in total. The van der Waals surface area contributed by atoms with Crippen LogP contribution in [0.3, 0.4) is 0 Å². The van der Waals surface area contributed by atoms with Crippen molar-refractivity contribution in [3.63, 3.8) is 0 Å². The minimum absolute atomic E-state index is 0.0435. The van der Waals surface area contributed by atoms with Crippen LogP contribution in [0, 0.1) is 0 Å². The first-order valence-electron chi connectivity index (χ1n) is 24.2. The van der Waals surface area contributed by atoms with Gasteiger partial charge in [-0.1, -0.05) is 36.4 Å². The van der Waals surface area contributed by atoms with Gasteiger partial charge in [0.2, 0.25) is 17.7 Å². The Morgan fingerprint density at radius 2 is 1.38 bits per heavy atom. The lowest BCUT2D eigenvalue weighted by Crippen LogP contribution is -2.54. The highest BCUT2D eigenvalue weighted by molar-refractivity contribution is 6.24. The number of carbonyl (C=O) groups excluding carboxylic acids is 6. The Hall–Kier alpha value is -6.55. The first-order chi connectivity index (χ1) is 34.8. The molecule has 71 heavy (non-hydrogen) atoms. The number of rotatable bonds is 33. The molecule has 1 saturated heterocycles. The van der Waals surface area contributed by atoms with Gasteiger partial charge in [0, 0.05) is 69.2 Å². The third-order valence-electron chi connectivity index (χ3n) is 11.9. The quantitative estimate of drug-likeness (QED) is 0.0341. The van der Waals surface area contributed by atoms with Crippen LogP contribution in [0.5, 0.6) is 0 Å².